The van der Waals surface area contributed by atoms with Gasteiger partial charge >= 0.3 is 5.69 Å². The molecule has 10 heteroatoms. The highest BCUT2D eigenvalue weighted by Gasteiger charge is 2.27. The molecule has 0 spiro atoms. The molecule has 0 unspecified atom stereocenters. The smallest absolute Gasteiger partial charge is 0.323 e. The number of nitrogens with zero attached hydrogens (tertiary/aromatic N) is 2. The zero-order valence-electron chi connectivity index (χ0n) is 12.5. The van der Waals surface area contributed by atoms with Gasteiger partial charge in [-0.3, -0.25) is 20.2 Å². The SMILES string of the molecule is C[S+](C)c1c([N+](=O)[O-])ccc(Oc2ccc([N+](=O)[O-])cc2I)c1[O-]. The van der Waals surface area contributed by atoms with Crippen molar-refractivity contribution in [1.29, 1.82) is 0 Å². The summed E-state index contributed by atoms with van der Waals surface area (Å²) in [7, 11) is -0.631. The molecule has 126 valence electrons. The average molecular weight is 462 g/mol. The number of nitro groups is 2. The molecular formula is C14H11IN2O6S. The van der Waals surface area contributed by atoms with E-state index in [1.54, 1.807) is 12.5 Å². The molecule has 0 fully saturated rings. The minimum atomic E-state index is -0.631. The van der Waals surface area contributed by atoms with Crippen LogP contribution >= 0.6 is 22.6 Å². The van der Waals surface area contributed by atoms with Gasteiger partial charge in [-0.2, -0.15) is 0 Å². The van der Waals surface area contributed by atoms with E-state index in [1.807, 2.05) is 22.6 Å². The molecule has 0 radical (unpaired) electrons. The van der Waals surface area contributed by atoms with Crippen molar-refractivity contribution in [2.24, 2.45) is 0 Å². The molecule has 0 aliphatic heterocycles. The zero-order valence-corrected chi connectivity index (χ0v) is 15.5. The van der Waals surface area contributed by atoms with Crippen LogP contribution in [0, 0.1) is 23.8 Å². The van der Waals surface area contributed by atoms with E-state index in [4.69, 9.17) is 4.74 Å². The van der Waals surface area contributed by atoms with Crippen LogP contribution in [0.25, 0.3) is 0 Å². The molecular weight excluding hydrogens is 451 g/mol. The Bertz CT molecular complexity index is 827. The lowest BCUT2D eigenvalue weighted by atomic mass is 10.2. The maximum absolute atomic E-state index is 12.5. The molecule has 2 aromatic rings. The van der Waals surface area contributed by atoms with Gasteiger partial charge in [0.25, 0.3) is 5.69 Å². The van der Waals surface area contributed by atoms with E-state index in [9.17, 15) is 25.3 Å². The Kier molecular flexibility index (Phi) is 5.49. The van der Waals surface area contributed by atoms with Gasteiger partial charge < -0.3 is 9.84 Å². The van der Waals surface area contributed by atoms with Crippen LogP contribution in [0.2, 0.25) is 0 Å². The van der Waals surface area contributed by atoms with E-state index >= 15 is 0 Å². The largest absolute Gasteiger partial charge is 0.866 e. The van der Waals surface area contributed by atoms with Crippen molar-refractivity contribution in [3.63, 3.8) is 0 Å². The number of ether oxygens (including phenoxy) is 1. The number of non-ortho nitro benzene ring substituents is 1. The van der Waals surface area contributed by atoms with Crippen LogP contribution in [-0.2, 0) is 10.9 Å². The summed E-state index contributed by atoms with van der Waals surface area (Å²) in [6.45, 7) is 0. The van der Waals surface area contributed by atoms with Gasteiger partial charge in [-0.05, 0) is 40.5 Å². The zero-order chi connectivity index (χ0) is 18.0. The summed E-state index contributed by atoms with van der Waals surface area (Å²) in [5, 5.41) is 34.3. The number of halogens is 1. The normalized spacial score (nSPS) is 10.7. The molecule has 0 aromatic heterocycles. The van der Waals surface area contributed by atoms with Crippen LogP contribution in [0.5, 0.6) is 17.2 Å². The van der Waals surface area contributed by atoms with Crippen molar-refractivity contribution in [3.8, 4) is 17.2 Å². The summed E-state index contributed by atoms with van der Waals surface area (Å²) < 4.78 is 5.99. The summed E-state index contributed by atoms with van der Waals surface area (Å²) in [4.78, 5) is 20.8. The molecule has 0 heterocycles. The van der Waals surface area contributed by atoms with E-state index in [0.717, 1.165) is 0 Å². The maximum atomic E-state index is 12.5. The van der Waals surface area contributed by atoms with Gasteiger partial charge in [0.1, 0.15) is 24.0 Å². The van der Waals surface area contributed by atoms with Crippen molar-refractivity contribution >= 4 is 44.9 Å². The lowest BCUT2D eigenvalue weighted by molar-refractivity contribution is -0.389. The summed E-state index contributed by atoms with van der Waals surface area (Å²) >= 11 is 1.86. The lowest BCUT2D eigenvalue weighted by Crippen LogP contribution is -2.08. The second kappa shape index (κ2) is 7.21. The van der Waals surface area contributed by atoms with Crippen molar-refractivity contribution in [1.82, 2.24) is 0 Å². The van der Waals surface area contributed by atoms with Gasteiger partial charge in [0.2, 0.25) is 4.90 Å². The third-order valence-corrected chi connectivity index (χ3v) is 5.06. The Labute approximate surface area is 153 Å². The molecule has 0 N–H and O–H groups in total. The second-order valence-corrected chi connectivity index (χ2v) is 7.99. The van der Waals surface area contributed by atoms with Crippen molar-refractivity contribution in [3.05, 3.63) is 54.1 Å². The van der Waals surface area contributed by atoms with Crippen LogP contribution in [0.3, 0.4) is 0 Å². The molecule has 0 aliphatic carbocycles. The Morgan fingerprint density at radius 1 is 1.04 bits per heavy atom. The Balaban J connectivity index is 2.46. The Hall–Kier alpha value is -2.08. The Morgan fingerprint density at radius 2 is 1.67 bits per heavy atom. The molecule has 2 rings (SSSR count). The highest BCUT2D eigenvalue weighted by Crippen LogP contribution is 2.40. The van der Waals surface area contributed by atoms with Crippen LogP contribution in [0.4, 0.5) is 11.4 Å². The number of benzene rings is 2. The van der Waals surface area contributed by atoms with Gasteiger partial charge in [0.15, 0.2) is 0 Å². The average Bonchev–Trinajstić information content (AvgIpc) is 2.49. The minimum Gasteiger partial charge on any atom is -0.866 e. The molecule has 0 saturated carbocycles. The van der Waals surface area contributed by atoms with Crippen molar-refractivity contribution in [2.45, 2.75) is 4.90 Å². The van der Waals surface area contributed by atoms with Gasteiger partial charge in [-0.25, -0.2) is 0 Å². The maximum Gasteiger partial charge on any atom is 0.323 e. The van der Waals surface area contributed by atoms with Gasteiger partial charge in [-0.1, -0.05) is 0 Å². The summed E-state index contributed by atoms with van der Waals surface area (Å²) in [6.07, 6.45) is 3.42. The van der Waals surface area contributed by atoms with Crippen LogP contribution < -0.4 is 9.84 Å². The number of hydrogen-bond acceptors (Lipinski definition) is 6. The molecule has 0 bridgehead atoms. The fourth-order valence-electron chi connectivity index (χ4n) is 1.96. The lowest BCUT2D eigenvalue weighted by Gasteiger charge is -2.17. The van der Waals surface area contributed by atoms with E-state index in [1.165, 1.54) is 30.3 Å². The van der Waals surface area contributed by atoms with E-state index in [-0.39, 0.29) is 27.8 Å². The molecule has 0 amide bonds. The molecule has 0 atom stereocenters. The van der Waals surface area contributed by atoms with Gasteiger partial charge in [0, 0.05) is 29.1 Å². The highest BCUT2D eigenvalue weighted by atomic mass is 127. The standard InChI is InChI=1S/C14H11IN2O6S/c1-24(2)14-10(17(21)22)4-6-12(13(14)18)23-11-5-3-8(16(19)20)7-9(11)15/h3-7H,1-2H3. The topological polar surface area (TPSA) is 119 Å². The number of rotatable bonds is 5. The highest BCUT2D eigenvalue weighted by molar-refractivity contribution is 14.1. The van der Waals surface area contributed by atoms with Crippen LogP contribution in [0.1, 0.15) is 0 Å². The minimum absolute atomic E-state index is 0.0523. The van der Waals surface area contributed by atoms with Crippen molar-refractivity contribution in [2.75, 3.05) is 12.5 Å². The first-order chi connectivity index (χ1) is 11.2. The van der Waals surface area contributed by atoms with Gasteiger partial charge in [-0.15, -0.1) is 0 Å². The first kappa shape index (κ1) is 18.3. The summed E-state index contributed by atoms with van der Waals surface area (Å²) in [5.41, 5.74) is -0.332. The Morgan fingerprint density at radius 3 is 2.17 bits per heavy atom. The fraction of sp³-hybridized carbons (Fsp3) is 0.143. The predicted octanol–water partition coefficient (Wildman–Crippen LogP) is 3.21. The van der Waals surface area contributed by atoms with E-state index < -0.39 is 26.5 Å². The first-order valence-electron chi connectivity index (χ1n) is 6.40. The van der Waals surface area contributed by atoms with Crippen molar-refractivity contribution < 1.29 is 19.7 Å². The summed E-state index contributed by atoms with van der Waals surface area (Å²) in [5.74, 6) is -0.333. The molecule has 24 heavy (non-hydrogen) atoms. The third-order valence-electron chi connectivity index (χ3n) is 3.01. The van der Waals surface area contributed by atoms with Crippen LogP contribution in [-0.4, -0.2) is 22.4 Å². The molecule has 0 aliphatic rings. The molecule has 0 saturated heterocycles. The monoisotopic (exact) mass is 462 g/mol. The third kappa shape index (κ3) is 3.70. The summed E-state index contributed by atoms with van der Waals surface area (Å²) in [6, 6.07) is 6.44. The van der Waals surface area contributed by atoms with E-state index in [2.05, 4.69) is 0 Å². The predicted molar refractivity (Wildman–Crippen MR) is 95.9 cm³/mol. The fourth-order valence-corrected chi connectivity index (χ4v) is 3.60. The number of nitro benzene ring substituents is 2. The van der Waals surface area contributed by atoms with Gasteiger partial charge in [0.05, 0.1) is 13.4 Å². The second-order valence-electron chi connectivity index (χ2n) is 4.79. The number of hydrogen-bond donors (Lipinski definition) is 0. The quantitative estimate of drug-likeness (QED) is 0.292. The molecule has 8 nitrogen and oxygen atoms in total. The van der Waals surface area contributed by atoms with Crippen LogP contribution in [0.15, 0.2) is 35.2 Å². The molecule has 2 aromatic carbocycles. The van der Waals surface area contributed by atoms with E-state index in [0.29, 0.717) is 3.57 Å². The first-order valence-corrected chi connectivity index (χ1v) is 9.52.